The maximum absolute atomic E-state index is 9.71. The first-order valence-electron chi connectivity index (χ1n) is 1.82. The Morgan fingerprint density at radius 2 is 2.57 bits per heavy atom. The number of hydrogen-bond donors (Lipinski definition) is 0. The lowest BCUT2D eigenvalue weighted by Crippen LogP contribution is -2.06. The summed E-state index contributed by atoms with van der Waals surface area (Å²) in [5, 5.41) is 0.233. The molecule has 7 heavy (non-hydrogen) atoms. The Morgan fingerprint density at radius 3 is 2.71 bits per heavy atom. The standard InChI is InChI=1S/C2H8O3SSi/c1-5-7-2-6(3)4/h2,7H2,1H3,(H,3,4)/p-1. The number of hydrogen-bond acceptors (Lipinski definition) is 3. The molecule has 0 aliphatic heterocycles. The highest BCUT2D eigenvalue weighted by atomic mass is 32.2. The van der Waals surface area contributed by atoms with Crippen LogP contribution in [0.1, 0.15) is 0 Å². The Balaban J connectivity index is 2.82. The van der Waals surface area contributed by atoms with Gasteiger partial charge in [0.1, 0.15) is 0 Å². The largest absolute Gasteiger partial charge is 0.773 e. The molecule has 0 rings (SSSR count). The van der Waals surface area contributed by atoms with E-state index >= 15 is 0 Å². The first-order chi connectivity index (χ1) is 3.27. The molecule has 0 aromatic carbocycles. The Hall–Kier alpha value is 0.287. The second kappa shape index (κ2) is 4.45. The van der Waals surface area contributed by atoms with Gasteiger partial charge in [0, 0.05) is 12.5 Å². The van der Waals surface area contributed by atoms with E-state index in [2.05, 4.69) is 4.43 Å². The summed E-state index contributed by atoms with van der Waals surface area (Å²) < 4.78 is 24.0. The fourth-order valence-electron chi connectivity index (χ4n) is 0.151. The van der Waals surface area contributed by atoms with Crippen LogP contribution < -0.4 is 0 Å². The van der Waals surface area contributed by atoms with Gasteiger partial charge in [-0.05, 0) is 0 Å². The summed E-state index contributed by atoms with van der Waals surface area (Å²) in [5.74, 6) is 0. The van der Waals surface area contributed by atoms with Crippen molar-refractivity contribution in [2.24, 2.45) is 0 Å². The van der Waals surface area contributed by atoms with Crippen LogP contribution in [0.3, 0.4) is 0 Å². The van der Waals surface area contributed by atoms with Crippen molar-refractivity contribution in [3.8, 4) is 0 Å². The van der Waals surface area contributed by atoms with Crippen LogP contribution in [-0.2, 0) is 15.5 Å². The molecule has 44 valence electrons. The Kier molecular flexibility index (Phi) is 4.63. The second-order valence-corrected chi connectivity index (χ2v) is 4.23. The minimum absolute atomic E-state index is 0.233. The Labute approximate surface area is 47.3 Å². The molecule has 5 heteroatoms. The van der Waals surface area contributed by atoms with Crippen LogP contribution >= 0.6 is 0 Å². The molecule has 0 saturated heterocycles. The van der Waals surface area contributed by atoms with E-state index in [9.17, 15) is 8.76 Å². The van der Waals surface area contributed by atoms with E-state index in [1.54, 1.807) is 0 Å². The van der Waals surface area contributed by atoms with Crippen molar-refractivity contribution >= 4 is 20.8 Å². The summed E-state index contributed by atoms with van der Waals surface area (Å²) in [7, 11) is 0.788. The average molecular weight is 139 g/mol. The summed E-state index contributed by atoms with van der Waals surface area (Å²) in [6.45, 7) is 0. The van der Waals surface area contributed by atoms with Crippen molar-refractivity contribution in [2.75, 3.05) is 12.5 Å². The molecule has 0 bridgehead atoms. The van der Waals surface area contributed by atoms with Crippen LogP contribution in [0.4, 0.5) is 0 Å². The average Bonchev–Trinajstić information content (AvgIpc) is 1.61. The molecule has 3 nitrogen and oxygen atoms in total. The lowest BCUT2D eigenvalue weighted by molar-refractivity contribution is 0.443. The molecule has 0 fully saturated rings. The van der Waals surface area contributed by atoms with E-state index in [-0.39, 0.29) is 5.38 Å². The van der Waals surface area contributed by atoms with Gasteiger partial charge < -0.3 is 8.98 Å². The lowest BCUT2D eigenvalue weighted by atomic mass is 11.8. The van der Waals surface area contributed by atoms with E-state index in [0.29, 0.717) is 0 Å². The summed E-state index contributed by atoms with van der Waals surface area (Å²) in [6.07, 6.45) is 0. The van der Waals surface area contributed by atoms with Crippen LogP contribution in [-0.4, -0.2) is 31.0 Å². The monoisotopic (exact) mass is 139 g/mol. The van der Waals surface area contributed by atoms with Gasteiger partial charge in [-0.15, -0.1) is 0 Å². The zero-order valence-electron chi connectivity index (χ0n) is 4.05. The van der Waals surface area contributed by atoms with Gasteiger partial charge in [-0.3, -0.25) is 4.21 Å². The molecule has 0 aliphatic rings. The maximum atomic E-state index is 9.71. The topological polar surface area (TPSA) is 49.4 Å². The molecular weight excluding hydrogens is 132 g/mol. The SMILES string of the molecule is CO[SiH2]CS(=O)[O-]. The molecule has 0 spiro atoms. The van der Waals surface area contributed by atoms with Crippen molar-refractivity contribution in [2.45, 2.75) is 0 Å². The van der Waals surface area contributed by atoms with E-state index in [4.69, 9.17) is 0 Å². The normalized spacial score (nSPS) is 15.7. The van der Waals surface area contributed by atoms with Crippen LogP contribution in [0.25, 0.3) is 0 Å². The highest BCUT2D eigenvalue weighted by molar-refractivity contribution is 7.80. The molecular formula is C2H7O3SSi-. The van der Waals surface area contributed by atoms with Crippen molar-refractivity contribution in [3.63, 3.8) is 0 Å². The molecule has 0 amide bonds. The third-order valence-corrected chi connectivity index (χ3v) is 2.86. The Morgan fingerprint density at radius 1 is 2.00 bits per heavy atom. The molecule has 0 radical (unpaired) electrons. The lowest BCUT2D eigenvalue weighted by Gasteiger charge is -1.99. The van der Waals surface area contributed by atoms with E-state index in [0.717, 1.165) is 0 Å². The quantitative estimate of drug-likeness (QED) is 0.355. The summed E-state index contributed by atoms with van der Waals surface area (Å²) in [4.78, 5) is 0. The predicted molar refractivity (Wildman–Crippen MR) is 29.3 cm³/mol. The van der Waals surface area contributed by atoms with Crippen molar-refractivity contribution < 1.29 is 13.2 Å². The van der Waals surface area contributed by atoms with Crippen LogP contribution in [0.2, 0.25) is 0 Å². The van der Waals surface area contributed by atoms with Gasteiger partial charge in [-0.2, -0.15) is 0 Å². The zero-order chi connectivity index (χ0) is 5.70. The second-order valence-electron chi connectivity index (χ2n) is 1.00. The molecule has 0 saturated carbocycles. The molecule has 0 aromatic rings. The molecule has 1 unspecified atom stereocenters. The van der Waals surface area contributed by atoms with Crippen LogP contribution in [0.5, 0.6) is 0 Å². The van der Waals surface area contributed by atoms with Crippen molar-refractivity contribution in [3.05, 3.63) is 0 Å². The third-order valence-electron chi connectivity index (χ3n) is 0.454. The molecule has 0 aliphatic carbocycles. The third kappa shape index (κ3) is 6.29. The van der Waals surface area contributed by atoms with Crippen molar-refractivity contribution in [1.82, 2.24) is 0 Å². The number of rotatable bonds is 3. The zero-order valence-corrected chi connectivity index (χ0v) is 6.28. The highest BCUT2D eigenvalue weighted by Gasteiger charge is 1.81. The van der Waals surface area contributed by atoms with E-state index in [1.165, 1.54) is 7.11 Å². The minimum Gasteiger partial charge on any atom is -0.773 e. The molecule has 0 heterocycles. The van der Waals surface area contributed by atoms with Crippen LogP contribution in [0, 0.1) is 0 Å². The first kappa shape index (κ1) is 7.29. The maximum Gasteiger partial charge on any atom is 0.172 e. The fourth-order valence-corrected chi connectivity index (χ4v) is 1.36. The molecule has 0 N–H and O–H groups in total. The van der Waals surface area contributed by atoms with Gasteiger partial charge in [0.2, 0.25) is 0 Å². The van der Waals surface area contributed by atoms with E-state index in [1.807, 2.05) is 0 Å². The van der Waals surface area contributed by atoms with Crippen LogP contribution in [0.15, 0.2) is 0 Å². The summed E-state index contributed by atoms with van der Waals surface area (Å²) in [6, 6.07) is 0. The van der Waals surface area contributed by atoms with Crippen molar-refractivity contribution in [1.29, 1.82) is 0 Å². The van der Waals surface area contributed by atoms with Gasteiger partial charge in [-0.1, -0.05) is 11.1 Å². The summed E-state index contributed by atoms with van der Waals surface area (Å²) in [5.41, 5.74) is 0. The van der Waals surface area contributed by atoms with Gasteiger partial charge in [0.15, 0.2) is 9.76 Å². The molecule has 0 aromatic heterocycles. The Bertz CT molecular complexity index is 66.0. The first-order valence-corrected chi connectivity index (χ1v) is 4.64. The van der Waals surface area contributed by atoms with Gasteiger partial charge >= 0.3 is 0 Å². The van der Waals surface area contributed by atoms with E-state index < -0.39 is 20.8 Å². The van der Waals surface area contributed by atoms with Gasteiger partial charge in [0.05, 0.1) is 0 Å². The molecule has 1 atom stereocenters. The predicted octanol–water partition coefficient (Wildman–Crippen LogP) is -1.45. The summed E-state index contributed by atoms with van der Waals surface area (Å²) >= 11 is -1.88. The minimum atomic E-state index is -1.88. The van der Waals surface area contributed by atoms with Gasteiger partial charge in [0.25, 0.3) is 0 Å². The smallest absolute Gasteiger partial charge is 0.172 e. The fraction of sp³-hybridized carbons (Fsp3) is 1.00. The highest BCUT2D eigenvalue weighted by Crippen LogP contribution is 1.68. The van der Waals surface area contributed by atoms with Gasteiger partial charge in [-0.25, -0.2) is 0 Å².